The summed E-state index contributed by atoms with van der Waals surface area (Å²) in [4.78, 5) is 11.3. The fourth-order valence-corrected chi connectivity index (χ4v) is 2.60. The molecule has 0 saturated carbocycles. The molecule has 1 atom stereocenters. The minimum atomic E-state index is -0.0205. The second-order valence-corrected chi connectivity index (χ2v) is 5.47. The fourth-order valence-electron chi connectivity index (χ4n) is 2.60. The van der Waals surface area contributed by atoms with Gasteiger partial charge >= 0.3 is 5.97 Å². The lowest BCUT2D eigenvalue weighted by Gasteiger charge is -2.11. The van der Waals surface area contributed by atoms with E-state index in [1.807, 2.05) is 18.2 Å². The van der Waals surface area contributed by atoms with Crippen molar-refractivity contribution in [2.75, 3.05) is 13.2 Å². The van der Waals surface area contributed by atoms with Crippen LogP contribution in [-0.4, -0.2) is 19.2 Å². The Labute approximate surface area is 121 Å². The standard InChI is InChI=1S/C17H24O3/c18-17-13-15(10-6-12-20-17)7-4-5-11-19-14-16-8-2-1-3-9-16/h1-3,8-9,15H,4-7,10-14H2/t15-/m1/s1. The van der Waals surface area contributed by atoms with Gasteiger partial charge in [-0.25, -0.2) is 0 Å². The third-order valence-electron chi connectivity index (χ3n) is 3.74. The molecule has 1 aromatic rings. The summed E-state index contributed by atoms with van der Waals surface area (Å²) in [7, 11) is 0. The Morgan fingerprint density at radius 2 is 2.05 bits per heavy atom. The van der Waals surface area contributed by atoms with Crippen molar-refractivity contribution in [2.45, 2.75) is 45.1 Å². The number of hydrogen-bond acceptors (Lipinski definition) is 3. The highest BCUT2D eigenvalue weighted by Gasteiger charge is 2.18. The lowest BCUT2D eigenvalue weighted by atomic mass is 9.94. The van der Waals surface area contributed by atoms with Gasteiger partial charge in [0.1, 0.15) is 0 Å². The van der Waals surface area contributed by atoms with Gasteiger partial charge in [-0.2, -0.15) is 0 Å². The van der Waals surface area contributed by atoms with E-state index in [2.05, 4.69) is 12.1 Å². The molecule has 110 valence electrons. The maximum Gasteiger partial charge on any atom is 0.306 e. The fraction of sp³-hybridized carbons (Fsp3) is 0.588. The monoisotopic (exact) mass is 276 g/mol. The second-order valence-electron chi connectivity index (χ2n) is 5.47. The molecule has 0 spiro atoms. The average molecular weight is 276 g/mol. The molecular weight excluding hydrogens is 252 g/mol. The predicted molar refractivity (Wildman–Crippen MR) is 78.2 cm³/mol. The number of unbranched alkanes of at least 4 members (excludes halogenated alkanes) is 1. The highest BCUT2D eigenvalue weighted by molar-refractivity contribution is 5.69. The number of carbonyl (C=O) groups is 1. The molecule has 1 aliphatic rings. The molecule has 1 heterocycles. The predicted octanol–water partition coefficient (Wildman–Crippen LogP) is 3.72. The van der Waals surface area contributed by atoms with E-state index in [-0.39, 0.29) is 5.97 Å². The van der Waals surface area contributed by atoms with E-state index in [1.54, 1.807) is 0 Å². The number of rotatable bonds is 7. The van der Waals surface area contributed by atoms with Crippen LogP contribution in [-0.2, 0) is 20.9 Å². The number of esters is 1. The molecule has 0 bridgehead atoms. The van der Waals surface area contributed by atoms with Crippen LogP contribution in [0.3, 0.4) is 0 Å². The first kappa shape index (κ1) is 15.0. The Balaban J connectivity index is 1.52. The van der Waals surface area contributed by atoms with Gasteiger partial charge in [0.25, 0.3) is 0 Å². The molecule has 0 aliphatic carbocycles. The van der Waals surface area contributed by atoms with Crippen LogP contribution in [0, 0.1) is 5.92 Å². The smallest absolute Gasteiger partial charge is 0.306 e. The Morgan fingerprint density at radius 1 is 1.20 bits per heavy atom. The first-order chi connectivity index (χ1) is 9.84. The van der Waals surface area contributed by atoms with Crippen molar-refractivity contribution in [1.29, 1.82) is 0 Å². The van der Waals surface area contributed by atoms with Crippen molar-refractivity contribution < 1.29 is 14.3 Å². The molecule has 2 rings (SSSR count). The van der Waals surface area contributed by atoms with Crippen molar-refractivity contribution >= 4 is 5.97 Å². The van der Waals surface area contributed by atoms with Crippen molar-refractivity contribution in [2.24, 2.45) is 5.92 Å². The summed E-state index contributed by atoms with van der Waals surface area (Å²) in [5.41, 5.74) is 1.22. The van der Waals surface area contributed by atoms with Gasteiger partial charge in [-0.3, -0.25) is 4.79 Å². The molecule has 1 aliphatic heterocycles. The van der Waals surface area contributed by atoms with Crippen molar-refractivity contribution in [3.63, 3.8) is 0 Å². The van der Waals surface area contributed by atoms with Crippen LogP contribution >= 0.6 is 0 Å². The molecule has 3 nitrogen and oxygen atoms in total. The van der Waals surface area contributed by atoms with Crippen molar-refractivity contribution in [1.82, 2.24) is 0 Å². The molecule has 0 radical (unpaired) electrons. The lowest BCUT2D eigenvalue weighted by Crippen LogP contribution is -2.07. The van der Waals surface area contributed by atoms with Gasteiger partial charge in [0, 0.05) is 13.0 Å². The minimum absolute atomic E-state index is 0.0205. The van der Waals surface area contributed by atoms with Crippen molar-refractivity contribution in [3.8, 4) is 0 Å². The number of ether oxygens (including phenoxy) is 2. The Morgan fingerprint density at radius 3 is 2.90 bits per heavy atom. The molecule has 1 saturated heterocycles. The highest BCUT2D eigenvalue weighted by Crippen LogP contribution is 2.22. The summed E-state index contributed by atoms with van der Waals surface area (Å²) in [5.74, 6) is 0.493. The van der Waals surface area contributed by atoms with Crippen LogP contribution in [0.15, 0.2) is 30.3 Å². The van der Waals surface area contributed by atoms with Crippen LogP contribution in [0.2, 0.25) is 0 Å². The van der Waals surface area contributed by atoms with Crippen LogP contribution in [0.4, 0.5) is 0 Å². The van der Waals surface area contributed by atoms with Gasteiger partial charge in [-0.05, 0) is 37.2 Å². The quantitative estimate of drug-likeness (QED) is 0.562. The molecule has 0 unspecified atom stereocenters. The van der Waals surface area contributed by atoms with Gasteiger partial charge in [-0.15, -0.1) is 0 Å². The third kappa shape index (κ3) is 5.74. The van der Waals surface area contributed by atoms with E-state index in [0.717, 1.165) is 38.7 Å². The molecule has 0 aromatic heterocycles. The van der Waals surface area contributed by atoms with E-state index in [9.17, 15) is 4.79 Å². The normalized spacial score (nSPS) is 19.4. The van der Waals surface area contributed by atoms with Crippen LogP contribution < -0.4 is 0 Å². The van der Waals surface area contributed by atoms with Gasteiger partial charge in [-0.1, -0.05) is 36.8 Å². The SMILES string of the molecule is O=C1C[C@H](CCCCOCc2ccccc2)CCCO1. The summed E-state index contributed by atoms with van der Waals surface area (Å²) >= 11 is 0. The Hall–Kier alpha value is -1.35. The van der Waals surface area contributed by atoms with E-state index in [1.165, 1.54) is 5.56 Å². The maximum absolute atomic E-state index is 11.3. The van der Waals surface area contributed by atoms with E-state index in [4.69, 9.17) is 9.47 Å². The first-order valence-corrected chi connectivity index (χ1v) is 7.62. The van der Waals surface area contributed by atoms with E-state index in [0.29, 0.717) is 25.6 Å². The Kier molecular flexibility index (Phi) is 6.58. The molecule has 3 heteroatoms. The molecule has 20 heavy (non-hydrogen) atoms. The molecule has 1 fully saturated rings. The number of cyclic esters (lactones) is 1. The minimum Gasteiger partial charge on any atom is -0.466 e. The number of benzene rings is 1. The summed E-state index contributed by atoms with van der Waals surface area (Å²) in [5, 5.41) is 0. The maximum atomic E-state index is 11.3. The summed E-state index contributed by atoms with van der Waals surface area (Å²) in [6.45, 7) is 2.10. The highest BCUT2D eigenvalue weighted by atomic mass is 16.5. The first-order valence-electron chi connectivity index (χ1n) is 7.62. The van der Waals surface area contributed by atoms with Crippen LogP contribution in [0.25, 0.3) is 0 Å². The summed E-state index contributed by atoms with van der Waals surface area (Å²) < 4.78 is 10.7. The van der Waals surface area contributed by atoms with Gasteiger partial charge in [0.05, 0.1) is 13.2 Å². The number of carbonyl (C=O) groups excluding carboxylic acids is 1. The molecule has 1 aromatic carbocycles. The molecular formula is C17H24O3. The Bertz CT molecular complexity index is 388. The molecule has 0 N–H and O–H groups in total. The average Bonchev–Trinajstić information content (AvgIpc) is 2.68. The topological polar surface area (TPSA) is 35.5 Å². The zero-order valence-corrected chi connectivity index (χ0v) is 12.1. The lowest BCUT2D eigenvalue weighted by molar-refractivity contribution is -0.143. The summed E-state index contributed by atoms with van der Waals surface area (Å²) in [6.07, 6.45) is 6.05. The zero-order valence-electron chi connectivity index (χ0n) is 12.1. The van der Waals surface area contributed by atoms with Gasteiger partial charge < -0.3 is 9.47 Å². The number of hydrogen-bond donors (Lipinski definition) is 0. The largest absolute Gasteiger partial charge is 0.466 e. The summed E-state index contributed by atoms with van der Waals surface area (Å²) in [6, 6.07) is 10.2. The van der Waals surface area contributed by atoms with Crippen molar-refractivity contribution in [3.05, 3.63) is 35.9 Å². The van der Waals surface area contributed by atoms with E-state index >= 15 is 0 Å². The van der Waals surface area contributed by atoms with E-state index < -0.39 is 0 Å². The molecule has 0 amide bonds. The third-order valence-corrected chi connectivity index (χ3v) is 3.74. The van der Waals surface area contributed by atoms with Gasteiger partial charge in [0.2, 0.25) is 0 Å². The van der Waals surface area contributed by atoms with Crippen LogP contribution in [0.1, 0.15) is 44.1 Å². The van der Waals surface area contributed by atoms with Gasteiger partial charge in [0.15, 0.2) is 0 Å². The zero-order chi connectivity index (χ0) is 14.0. The van der Waals surface area contributed by atoms with Crippen LogP contribution in [0.5, 0.6) is 0 Å². The second kappa shape index (κ2) is 8.75.